The van der Waals surface area contributed by atoms with Crippen LogP contribution in [0.3, 0.4) is 0 Å². The first-order valence-corrected chi connectivity index (χ1v) is 6.17. The van der Waals surface area contributed by atoms with E-state index in [1.54, 1.807) is 12.4 Å². The number of nitrogens with zero attached hydrogens (tertiary/aromatic N) is 2. The molecule has 2 rings (SSSR count). The lowest BCUT2D eigenvalue weighted by Gasteiger charge is -2.26. The molecule has 88 valence electrons. The molecule has 0 bridgehead atoms. The maximum atomic E-state index is 5.61. The van der Waals surface area contributed by atoms with Crippen molar-refractivity contribution in [1.29, 1.82) is 0 Å². The Morgan fingerprint density at radius 2 is 2.19 bits per heavy atom. The van der Waals surface area contributed by atoms with Crippen LogP contribution in [0.15, 0.2) is 22.9 Å². The number of rotatable bonds is 4. The smallest absolute Gasteiger partial charge is 0.138 e. The van der Waals surface area contributed by atoms with Crippen LogP contribution >= 0.6 is 15.9 Å². The van der Waals surface area contributed by atoms with E-state index in [1.807, 2.05) is 6.07 Å². The highest BCUT2D eigenvalue weighted by Crippen LogP contribution is 2.15. The SMILES string of the molecule is Brc1cncc(OCCN2CCOCC2)c1. The van der Waals surface area contributed by atoms with Crippen molar-refractivity contribution in [3.05, 3.63) is 22.9 Å². The van der Waals surface area contributed by atoms with Crippen molar-refractivity contribution in [2.24, 2.45) is 0 Å². The van der Waals surface area contributed by atoms with E-state index in [0.717, 1.165) is 43.1 Å². The summed E-state index contributed by atoms with van der Waals surface area (Å²) in [7, 11) is 0. The summed E-state index contributed by atoms with van der Waals surface area (Å²) in [6, 6.07) is 1.92. The number of ether oxygens (including phenoxy) is 2. The summed E-state index contributed by atoms with van der Waals surface area (Å²) in [5.74, 6) is 0.808. The average molecular weight is 287 g/mol. The monoisotopic (exact) mass is 286 g/mol. The zero-order valence-electron chi connectivity index (χ0n) is 9.06. The number of halogens is 1. The van der Waals surface area contributed by atoms with Crippen LogP contribution in [0, 0.1) is 0 Å². The number of hydrogen-bond donors (Lipinski definition) is 0. The first-order chi connectivity index (χ1) is 7.84. The van der Waals surface area contributed by atoms with Gasteiger partial charge in [-0.15, -0.1) is 0 Å². The van der Waals surface area contributed by atoms with Crippen LogP contribution in [0.5, 0.6) is 5.75 Å². The third-order valence-corrected chi connectivity index (χ3v) is 2.89. The first kappa shape index (κ1) is 11.8. The Morgan fingerprint density at radius 1 is 1.38 bits per heavy atom. The third-order valence-electron chi connectivity index (χ3n) is 2.46. The van der Waals surface area contributed by atoms with Gasteiger partial charge in [-0.3, -0.25) is 9.88 Å². The number of pyridine rings is 1. The minimum Gasteiger partial charge on any atom is -0.491 e. The van der Waals surface area contributed by atoms with Crippen molar-refractivity contribution in [1.82, 2.24) is 9.88 Å². The Balaban J connectivity index is 1.71. The molecule has 0 atom stereocenters. The topological polar surface area (TPSA) is 34.6 Å². The zero-order chi connectivity index (χ0) is 11.2. The summed E-state index contributed by atoms with van der Waals surface area (Å²) in [5, 5.41) is 0. The van der Waals surface area contributed by atoms with Gasteiger partial charge in [0.05, 0.1) is 19.4 Å². The van der Waals surface area contributed by atoms with Gasteiger partial charge in [0.25, 0.3) is 0 Å². The van der Waals surface area contributed by atoms with Gasteiger partial charge in [0, 0.05) is 30.3 Å². The molecule has 0 radical (unpaired) electrons. The van der Waals surface area contributed by atoms with Crippen LogP contribution < -0.4 is 4.74 Å². The van der Waals surface area contributed by atoms with Gasteiger partial charge >= 0.3 is 0 Å². The first-order valence-electron chi connectivity index (χ1n) is 5.38. The molecule has 0 spiro atoms. The number of aromatic nitrogens is 1. The van der Waals surface area contributed by atoms with Crippen molar-refractivity contribution < 1.29 is 9.47 Å². The molecule has 1 aliphatic rings. The Labute approximate surface area is 104 Å². The largest absolute Gasteiger partial charge is 0.491 e. The highest BCUT2D eigenvalue weighted by atomic mass is 79.9. The highest BCUT2D eigenvalue weighted by molar-refractivity contribution is 9.10. The van der Waals surface area contributed by atoms with Crippen LogP contribution in [0.25, 0.3) is 0 Å². The van der Waals surface area contributed by atoms with Crippen molar-refractivity contribution in [2.75, 3.05) is 39.5 Å². The van der Waals surface area contributed by atoms with Gasteiger partial charge in [-0.1, -0.05) is 0 Å². The van der Waals surface area contributed by atoms with Crippen LogP contribution in [0.4, 0.5) is 0 Å². The van der Waals surface area contributed by atoms with Crippen molar-refractivity contribution in [3.63, 3.8) is 0 Å². The number of hydrogen-bond acceptors (Lipinski definition) is 4. The minimum absolute atomic E-state index is 0.693. The third kappa shape index (κ3) is 3.73. The summed E-state index contributed by atoms with van der Waals surface area (Å²) >= 11 is 3.36. The van der Waals surface area contributed by atoms with Gasteiger partial charge in [-0.05, 0) is 22.0 Å². The zero-order valence-corrected chi connectivity index (χ0v) is 10.6. The average Bonchev–Trinajstić information content (AvgIpc) is 2.30. The molecular weight excluding hydrogens is 272 g/mol. The van der Waals surface area contributed by atoms with E-state index in [4.69, 9.17) is 9.47 Å². The van der Waals surface area contributed by atoms with E-state index < -0.39 is 0 Å². The Hall–Kier alpha value is -0.650. The molecule has 0 aromatic carbocycles. The standard InChI is InChI=1S/C11H15BrN2O2/c12-10-7-11(9-13-8-10)16-6-3-14-1-4-15-5-2-14/h7-9H,1-6H2. The van der Waals surface area contributed by atoms with E-state index in [1.165, 1.54) is 0 Å². The van der Waals surface area contributed by atoms with Crippen molar-refractivity contribution in [3.8, 4) is 5.75 Å². The lowest BCUT2D eigenvalue weighted by Crippen LogP contribution is -2.38. The van der Waals surface area contributed by atoms with E-state index in [9.17, 15) is 0 Å². The Kier molecular flexibility index (Phi) is 4.56. The van der Waals surface area contributed by atoms with Gasteiger partial charge in [0.2, 0.25) is 0 Å². The molecule has 1 aromatic heterocycles. The van der Waals surface area contributed by atoms with Gasteiger partial charge < -0.3 is 9.47 Å². The Bertz CT molecular complexity index is 330. The quantitative estimate of drug-likeness (QED) is 0.841. The second-order valence-electron chi connectivity index (χ2n) is 3.64. The van der Waals surface area contributed by atoms with E-state index in [2.05, 4.69) is 25.8 Å². The van der Waals surface area contributed by atoms with Crippen LogP contribution in [-0.2, 0) is 4.74 Å². The molecule has 1 aliphatic heterocycles. The summed E-state index contributed by atoms with van der Waals surface area (Å²) in [6.07, 6.45) is 3.47. The molecule has 4 nitrogen and oxygen atoms in total. The molecule has 2 heterocycles. The fourth-order valence-corrected chi connectivity index (χ4v) is 1.93. The van der Waals surface area contributed by atoms with Gasteiger partial charge in [-0.25, -0.2) is 0 Å². The highest BCUT2D eigenvalue weighted by Gasteiger charge is 2.09. The summed E-state index contributed by atoms with van der Waals surface area (Å²) in [5.41, 5.74) is 0. The molecule has 0 aliphatic carbocycles. The second-order valence-corrected chi connectivity index (χ2v) is 4.56. The summed E-state index contributed by atoms with van der Waals surface area (Å²) < 4.78 is 11.8. The summed E-state index contributed by atoms with van der Waals surface area (Å²) in [4.78, 5) is 6.39. The van der Waals surface area contributed by atoms with E-state index in [-0.39, 0.29) is 0 Å². The molecule has 0 amide bonds. The second kappa shape index (κ2) is 6.18. The lowest BCUT2D eigenvalue weighted by molar-refractivity contribution is 0.0322. The summed E-state index contributed by atoms with van der Waals surface area (Å²) in [6.45, 7) is 5.30. The van der Waals surface area contributed by atoms with Crippen molar-refractivity contribution in [2.45, 2.75) is 0 Å². The minimum atomic E-state index is 0.693. The normalized spacial score (nSPS) is 17.3. The van der Waals surface area contributed by atoms with Crippen LogP contribution in [0.2, 0.25) is 0 Å². The molecule has 1 saturated heterocycles. The van der Waals surface area contributed by atoms with E-state index in [0.29, 0.717) is 6.61 Å². The maximum absolute atomic E-state index is 5.61. The molecule has 1 fully saturated rings. The predicted molar refractivity (Wildman–Crippen MR) is 64.7 cm³/mol. The van der Waals surface area contributed by atoms with Gasteiger partial charge in [0.1, 0.15) is 12.4 Å². The molecular formula is C11H15BrN2O2. The molecule has 0 saturated carbocycles. The Morgan fingerprint density at radius 3 is 2.94 bits per heavy atom. The molecule has 16 heavy (non-hydrogen) atoms. The number of morpholine rings is 1. The molecule has 1 aromatic rings. The van der Waals surface area contributed by atoms with Crippen LogP contribution in [-0.4, -0.2) is 49.3 Å². The maximum Gasteiger partial charge on any atom is 0.138 e. The van der Waals surface area contributed by atoms with Gasteiger partial charge in [0.15, 0.2) is 0 Å². The predicted octanol–water partition coefficient (Wildman–Crippen LogP) is 1.56. The molecule has 0 N–H and O–H groups in total. The van der Waals surface area contributed by atoms with Crippen molar-refractivity contribution >= 4 is 15.9 Å². The van der Waals surface area contributed by atoms with E-state index >= 15 is 0 Å². The van der Waals surface area contributed by atoms with Gasteiger partial charge in [-0.2, -0.15) is 0 Å². The van der Waals surface area contributed by atoms with Crippen LogP contribution in [0.1, 0.15) is 0 Å². The molecule has 0 unspecified atom stereocenters. The fourth-order valence-electron chi connectivity index (χ4n) is 1.59. The fraction of sp³-hybridized carbons (Fsp3) is 0.545. The molecule has 5 heteroatoms. The lowest BCUT2D eigenvalue weighted by atomic mass is 10.4.